The second-order valence-electron chi connectivity index (χ2n) is 5.55. The summed E-state index contributed by atoms with van der Waals surface area (Å²) in [6.07, 6.45) is 1.61. The molecule has 23 heavy (non-hydrogen) atoms. The Balaban J connectivity index is 1.76. The highest BCUT2D eigenvalue weighted by atomic mass is 16.5. The molecule has 0 spiro atoms. The van der Waals surface area contributed by atoms with Crippen molar-refractivity contribution in [3.63, 3.8) is 0 Å². The second-order valence-corrected chi connectivity index (χ2v) is 5.55. The summed E-state index contributed by atoms with van der Waals surface area (Å²) in [6, 6.07) is 7.45. The van der Waals surface area contributed by atoms with Gasteiger partial charge >= 0.3 is 6.03 Å². The third kappa shape index (κ3) is 4.70. The number of hydrogen-bond acceptors (Lipinski definition) is 4. The van der Waals surface area contributed by atoms with Gasteiger partial charge in [0.2, 0.25) is 0 Å². The first-order valence-corrected chi connectivity index (χ1v) is 7.52. The molecular weight excluding hydrogens is 294 g/mol. The molecule has 0 fully saturated rings. The lowest BCUT2D eigenvalue weighted by molar-refractivity contribution is 0.192. The molecule has 1 heterocycles. The smallest absolute Gasteiger partial charge is 0.317 e. The third-order valence-electron chi connectivity index (χ3n) is 3.54. The summed E-state index contributed by atoms with van der Waals surface area (Å²) in [5.41, 5.74) is 1.19. The van der Waals surface area contributed by atoms with E-state index < -0.39 is 0 Å². The number of carbonyl (C=O) groups is 1. The van der Waals surface area contributed by atoms with E-state index in [-0.39, 0.29) is 12.1 Å². The molecule has 1 aromatic heterocycles. The maximum absolute atomic E-state index is 12.1. The number of rotatable bonds is 6. The quantitative estimate of drug-likeness (QED) is 0.883. The number of ether oxygens (including phenoxy) is 1. The van der Waals surface area contributed by atoms with Crippen molar-refractivity contribution in [2.45, 2.75) is 19.9 Å². The van der Waals surface area contributed by atoms with Crippen molar-refractivity contribution in [1.29, 1.82) is 0 Å². The number of urea groups is 1. The lowest BCUT2D eigenvalue weighted by Crippen LogP contribution is -2.41. The van der Waals surface area contributed by atoms with Crippen LogP contribution in [-0.2, 0) is 7.05 Å². The highest BCUT2D eigenvalue weighted by molar-refractivity contribution is 5.74. The summed E-state index contributed by atoms with van der Waals surface area (Å²) in [6.45, 7) is 4.83. The Bertz CT molecular complexity index is 638. The number of nitrogens with one attached hydrogen (secondary N) is 1. The van der Waals surface area contributed by atoms with Crippen LogP contribution in [0.25, 0.3) is 0 Å². The summed E-state index contributed by atoms with van der Waals surface area (Å²) < 4.78 is 7.41. The number of hydrogen-bond donors (Lipinski definition) is 1. The second kappa shape index (κ2) is 7.62. The number of nitrogens with zero attached hydrogens (tertiary/aromatic N) is 4. The minimum absolute atomic E-state index is 0.173. The van der Waals surface area contributed by atoms with Gasteiger partial charge in [0.25, 0.3) is 0 Å². The van der Waals surface area contributed by atoms with E-state index in [4.69, 9.17) is 4.74 Å². The first-order chi connectivity index (χ1) is 11.0. The number of benzene rings is 1. The molecule has 0 saturated carbocycles. The van der Waals surface area contributed by atoms with Crippen molar-refractivity contribution < 1.29 is 9.53 Å². The molecule has 7 nitrogen and oxygen atoms in total. The van der Waals surface area contributed by atoms with Crippen LogP contribution in [0.15, 0.2) is 30.6 Å². The Kier molecular flexibility index (Phi) is 5.56. The molecule has 2 rings (SSSR count). The number of aromatic nitrogens is 3. The standard InChI is InChI=1S/C16H23N5O2/c1-12-5-7-14(8-6-12)23-10-9-20(3)16(22)18-13(2)15-19-17-11-21(15)4/h5-8,11,13H,9-10H2,1-4H3,(H,18,22). The van der Waals surface area contributed by atoms with E-state index in [9.17, 15) is 4.79 Å². The summed E-state index contributed by atoms with van der Waals surface area (Å²) >= 11 is 0. The normalized spacial score (nSPS) is 11.8. The Morgan fingerprint density at radius 1 is 1.39 bits per heavy atom. The van der Waals surface area contributed by atoms with Gasteiger partial charge in [-0.05, 0) is 26.0 Å². The maximum atomic E-state index is 12.1. The molecule has 1 aromatic carbocycles. The first-order valence-electron chi connectivity index (χ1n) is 7.52. The molecule has 0 bridgehead atoms. The van der Waals surface area contributed by atoms with Gasteiger partial charge in [-0.1, -0.05) is 17.7 Å². The third-order valence-corrected chi connectivity index (χ3v) is 3.54. The zero-order valence-electron chi connectivity index (χ0n) is 14.0. The van der Waals surface area contributed by atoms with Crippen LogP contribution in [-0.4, -0.2) is 45.9 Å². The fraction of sp³-hybridized carbons (Fsp3) is 0.438. The highest BCUT2D eigenvalue weighted by Crippen LogP contribution is 2.11. The van der Waals surface area contributed by atoms with Crippen molar-refractivity contribution in [1.82, 2.24) is 25.0 Å². The van der Waals surface area contributed by atoms with Crippen LogP contribution >= 0.6 is 0 Å². The van der Waals surface area contributed by atoms with Gasteiger partial charge in [0, 0.05) is 14.1 Å². The van der Waals surface area contributed by atoms with Crippen molar-refractivity contribution in [2.75, 3.05) is 20.2 Å². The molecule has 124 valence electrons. The number of aryl methyl sites for hydroxylation is 2. The highest BCUT2D eigenvalue weighted by Gasteiger charge is 2.16. The Morgan fingerprint density at radius 3 is 2.70 bits per heavy atom. The van der Waals surface area contributed by atoms with Crippen LogP contribution in [0.2, 0.25) is 0 Å². The Labute approximate surface area is 136 Å². The van der Waals surface area contributed by atoms with Gasteiger partial charge in [0.15, 0.2) is 5.82 Å². The zero-order valence-corrected chi connectivity index (χ0v) is 14.0. The van der Waals surface area contributed by atoms with Crippen LogP contribution in [0.1, 0.15) is 24.4 Å². The summed E-state index contributed by atoms with van der Waals surface area (Å²) in [5, 5.41) is 10.7. The van der Waals surface area contributed by atoms with Gasteiger partial charge in [-0.3, -0.25) is 0 Å². The molecule has 2 aromatic rings. The molecule has 1 N–H and O–H groups in total. The minimum atomic E-state index is -0.213. The van der Waals surface area contributed by atoms with Gasteiger partial charge in [0.05, 0.1) is 12.6 Å². The molecule has 0 aliphatic heterocycles. The van der Waals surface area contributed by atoms with E-state index in [0.29, 0.717) is 19.0 Å². The molecule has 1 atom stereocenters. The van der Waals surface area contributed by atoms with Crippen LogP contribution in [0.5, 0.6) is 5.75 Å². The average molecular weight is 317 g/mol. The molecular formula is C16H23N5O2. The van der Waals surface area contributed by atoms with E-state index in [2.05, 4.69) is 15.5 Å². The zero-order chi connectivity index (χ0) is 16.8. The first kappa shape index (κ1) is 16.8. The average Bonchev–Trinajstić information content (AvgIpc) is 2.95. The van der Waals surface area contributed by atoms with E-state index >= 15 is 0 Å². The van der Waals surface area contributed by atoms with Crippen molar-refractivity contribution in [3.8, 4) is 5.75 Å². The molecule has 1 unspecified atom stereocenters. The van der Waals surface area contributed by atoms with Gasteiger partial charge in [0.1, 0.15) is 18.7 Å². The predicted octanol–water partition coefficient (Wildman–Crippen LogP) is 1.90. The number of amides is 2. The summed E-state index contributed by atoms with van der Waals surface area (Å²) in [5.74, 6) is 1.51. The molecule has 0 radical (unpaired) electrons. The largest absolute Gasteiger partial charge is 0.492 e. The lowest BCUT2D eigenvalue weighted by Gasteiger charge is -2.21. The predicted molar refractivity (Wildman–Crippen MR) is 87.3 cm³/mol. The molecule has 0 saturated heterocycles. The van der Waals surface area contributed by atoms with Gasteiger partial charge in [-0.2, -0.15) is 0 Å². The molecule has 2 amide bonds. The van der Waals surface area contributed by atoms with Crippen molar-refractivity contribution in [2.24, 2.45) is 7.05 Å². The van der Waals surface area contributed by atoms with E-state index in [1.165, 1.54) is 5.56 Å². The van der Waals surface area contributed by atoms with Crippen LogP contribution in [0.3, 0.4) is 0 Å². The monoisotopic (exact) mass is 317 g/mol. The van der Waals surface area contributed by atoms with Gasteiger partial charge < -0.3 is 19.5 Å². The van der Waals surface area contributed by atoms with E-state index in [1.54, 1.807) is 22.8 Å². The summed E-state index contributed by atoms with van der Waals surface area (Å²) in [4.78, 5) is 13.7. The SMILES string of the molecule is Cc1ccc(OCCN(C)C(=O)NC(C)c2nncn2C)cc1. The Morgan fingerprint density at radius 2 is 2.09 bits per heavy atom. The van der Waals surface area contributed by atoms with Crippen molar-refractivity contribution >= 4 is 6.03 Å². The van der Waals surface area contributed by atoms with E-state index in [1.807, 2.05) is 45.2 Å². The van der Waals surface area contributed by atoms with Crippen LogP contribution < -0.4 is 10.1 Å². The summed E-state index contributed by atoms with van der Waals surface area (Å²) in [7, 11) is 3.58. The van der Waals surface area contributed by atoms with Crippen LogP contribution in [0, 0.1) is 6.92 Å². The Hall–Kier alpha value is -2.57. The fourth-order valence-corrected chi connectivity index (χ4v) is 2.08. The molecule has 0 aliphatic rings. The van der Waals surface area contributed by atoms with Crippen molar-refractivity contribution in [3.05, 3.63) is 42.0 Å². The molecule has 7 heteroatoms. The topological polar surface area (TPSA) is 72.3 Å². The maximum Gasteiger partial charge on any atom is 0.317 e. The van der Waals surface area contributed by atoms with Gasteiger partial charge in [-0.25, -0.2) is 4.79 Å². The lowest BCUT2D eigenvalue weighted by atomic mass is 10.2. The minimum Gasteiger partial charge on any atom is -0.492 e. The number of carbonyl (C=O) groups excluding carboxylic acids is 1. The van der Waals surface area contributed by atoms with Crippen LogP contribution in [0.4, 0.5) is 4.79 Å². The van der Waals surface area contributed by atoms with E-state index in [0.717, 1.165) is 5.75 Å². The fourth-order valence-electron chi connectivity index (χ4n) is 2.08. The molecule has 0 aliphatic carbocycles. The number of likely N-dealkylation sites (N-methyl/N-ethyl adjacent to an activating group) is 1. The van der Waals surface area contributed by atoms with Gasteiger partial charge in [-0.15, -0.1) is 10.2 Å².